The summed E-state index contributed by atoms with van der Waals surface area (Å²) in [4.78, 5) is 19.2. The van der Waals surface area contributed by atoms with E-state index in [1.165, 1.54) is 34.6 Å². The minimum absolute atomic E-state index is 0.0510. The van der Waals surface area contributed by atoms with Crippen LogP contribution in [0.5, 0.6) is 5.88 Å². The highest BCUT2D eigenvalue weighted by atomic mass is 32.2. The van der Waals surface area contributed by atoms with Crippen molar-refractivity contribution in [3.05, 3.63) is 59.0 Å². The second-order valence-corrected chi connectivity index (χ2v) is 10.6. The Kier molecular flexibility index (Phi) is 7.92. The van der Waals surface area contributed by atoms with Crippen molar-refractivity contribution in [2.45, 2.75) is 26.0 Å². The van der Waals surface area contributed by atoms with Crippen molar-refractivity contribution in [1.29, 1.82) is 0 Å². The van der Waals surface area contributed by atoms with Crippen molar-refractivity contribution in [3.63, 3.8) is 0 Å². The summed E-state index contributed by atoms with van der Waals surface area (Å²) in [6, 6.07) is 7.13. The summed E-state index contributed by atoms with van der Waals surface area (Å²) in [6.07, 6.45) is 1.93. The van der Waals surface area contributed by atoms with Crippen LogP contribution in [-0.4, -0.2) is 78.8 Å². The van der Waals surface area contributed by atoms with Gasteiger partial charge in [-0.2, -0.15) is 0 Å². The molecule has 1 aliphatic rings. The maximum atomic E-state index is 13.9. The van der Waals surface area contributed by atoms with E-state index < -0.39 is 28.0 Å². The fourth-order valence-corrected chi connectivity index (χ4v) is 3.90. The number of halogens is 1. The van der Waals surface area contributed by atoms with Crippen LogP contribution in [0.2, 0.25) is 0 Å². The lowest BCUT2D eigenvalue weighted by molar-refractivity contribution is 0.0373. The second kappa shape index (κ2) is 10.5. The lowest BCUT2D eigenvalue weighted by Gasteiger charge is -2.37. The van der Waals surface area contributed by atoms with Crippen LogP contribution >= 0.6 is 0 Å². The molecule has 1 aliphatic heterocycles. The van der Waals surface area contributed by atoms with Gasteiger partial charge in [-0.3, -0.25) is 4.79 Å². The number of hydrogen-bond acceptors (Lipinski definition) is 6. The van der Waals surface area contributed by atoms with Crippen molar-refractivity contribution in [3.8, 4) is 17.7 Å². The predicted octanol–water partition coefficient (Wildman–Crippen LogP) is 1.73. The fourth-order valence-electron chi connectivity index (χ4n) is 3.48. The van der Waals surface area contributed by atoms with Gasteiger partial charge in [-0.1, -0.05) is 30.9 Å². The van der Waals surface area contributed by atoms with Gasteiger partial charge in [-0.25, -0.2) is 22.1 Å². The first kappa shape index (κ1) is 25.6. The van der Waals surface area contributed by atoms with Gasteiger partial charge in [0.2, 0.25) is 15.9 Å². The zero-order valence-corrected chi connectivity index (χ0v) is 20.3. The third-order valence-electron chi connectivity index (χ3n) is 5.74. The van der Waals surface area contributed by atoms with E-state index in [1.807, 2.05) is 6.92 Å². The molecule has 0 unspecified atom stereocenters. The van der Waals surface area contributed by atoms with E-state index in [1.54, 1.807) is 25.1 Å². The van der Waals surface area contributed by atoms with E-state index >= 15 is 0 Å². The molecule has 3 rings (SSSR count). The highest BCUT2D eigenvalue weighted by Gasteiger charge is 2.35. The van der Waals surface area contributed by atoms with Crippen LogP contribution in [0, 0.1) is 23.6 Å². The largest absolute Gasteiger partial charge is 0.472 e. The number of benzene rings is 1. The zero-order chi connectivity index (χ0) is 25.0. The van der Waals surface area contributed by atoms with Gasteiger partial charge in [0.15, 0.2) is 0 Å². The first-order valence-corrected chi connectivity index (χ1v) is 12.6. The van der Waals surface area contributed by atoms with E-state index in [2.05, 4.69) is 16.8 Å². The van der Waals surface area contributed by atoms with Crippen LogP contribution in [0.15, 0.2) is 36.5 Å². The van der Waals surface area contributed by atoms with Gasteiger partial charge in [-0.05, 0) is 25.1 Å². The number of hydrogen-bond donors (Lipinski definition) is 1. The van der Waals surface area contributed by atoms with Crippen molar-refractivity contribution < 1.29 is 27.4 Å². The summed E-state index contributed by atoms with van der Waals surface area (Å²) in [7, 11) is -1.99. The normalized spacial score (nSPS) is 19.4. The molecule has 10 heteroatoms. The number of rotatable bonds is 5. The maximum Gasteiger partial charge on any atom is 0.259 e. The molecule has 0 aliphatic carbocycles. The van der Waals surface area contributed by atoms with Crippen molar-refractivity contribution in [1.82, 2.24) is 14.2 Å². The Morgan fingerprint density at radius 3 is 2.71 bits per heavy atom. The van der Waals surface area contributed by atoms with Gasteiger partial charge in [0.1, 0.15) is 17.5 Å². The lowest BCUT2D eigenvalue weighted by atomic mass is 10.0. The topological polar surface area (TPSA) is 100 Å². The molecule has 2 aromatic rings. The van der Waals surface area contributed by atoms with Crippen molar-refractivity contribution >= 4 is 15.9 Å². The minimum atomic E-state index is -3.45. The molecule has 1 amide bonds. The van der Waals surface area contributed by atoms with Gasteiger partial charge in [0.25, 0.3) is 5.91 Å². The molecule has 0 fully saturated rings. The van der Waals surface area contributed by atoms with E-state index in [0.717, 1.165) is 6.26 Å². The minimum Gasteiger partial charge on any atom is -0.472 e. The second-order valence-electron chi connectivity index (χ2n) is 8.47. The summed E-state index contributed by atoms with van der Waals surface area (Å²) in [5.41, 5.74) is 0.735. The molecule has 3 atom stereocenters. The Bertz CT molecular complexity index is 1220. The number of aromatic nitrogens is 1. The molecule has 0 saturated carbocycles. The van der Waals surface area contributed by atoms with Crippen LogP contribution in [0.3, 0.4) is 0 Å². The third-order valence-corrected chi connectivity index (χ3v) is 7.02. The Hall–Kier alpha value is -3.00. The third kappa shape index (κ3) is 5.91. The molecule has 8 nitrogen and oxygen atoms in total. The Morgan fingerprint density at radius 2 is 2.06 bits per heavy atom. The van der Waals surface area contributed by atoms with Crippen LogP contribution < -0.4 is 4.74 Å². The van der Waals surface area contributed by atoms with Crippen LogP contribution in [-0.2, 0) is 10.0 Å². The number of ether oxygens (including phenoxy) is 1. The average molecular weight is 490 g/mol. The standard InChI is InChI=1S/C24H28FN3O5S/c1-16-13-28(17(2)15-29)24(30)20-11-18(9-10-19-7-5-6-8-21(19)25)12-26-23(20)33-22(16)14-27(3)34(4,31)32/h5-8,11-12,16-17,22,29H,13-15H2,1-4H3/t16-,17-,22-/m1/s1. The van der Waals surface area contributed by atoms with Gasteiger partial charge >= 0.3 is 0 Å². The average Bonchev–Trinajstić information content (AvgIpc) is 2.79. The molecular weight excluding hydrogens is 461 g/mol. The van der Waals surface area contributed by atoms with E-state index in [0.29, 0.717) is 5.56 Å². The van der Waals surface area contributed by atoms with Gasteiger partial charge in [0, 0.05) is 31.3 Å². The number of amides is 1. The molecule has 2 heterocycles. The van der Waals surface area contributed by atoms with Crippen molar-refractivity contribution in [2.75, 3.05) is 33.0 Å². The quantitative estimate of drug-likeness (QED) is 0.643. The number of sulfonamides is 1. The highest BCUT2D eigenvalue weighted by molar-refractivity contribution is 7.88. The molecular formula is C24H28FN3O5S. The van der Waals surface area contributed by atoms with Crippen LogP contribution in [0.4, 0.5) is 4.39 Å². The lowest BCUT2D eigenvalue weighted by Crippen LogP contribution is -2.50. The Labute approximate surface area is 199 Å². The number of nitrogens with zero attached hydrogens (tertiary/aromatic N) is 3. The number of aliphatic hydroxyl groups excluding tert-OH is 1. The predicted molar refractivity (Wildman–Crippen MR) is 125 cm³/mol. The molecule has 0 bridgehead atoms. The number of pyridine rings is 1. The SMILES string of the molecule is C[C@@H]1CN([C@H](C)CO)C(=O)c2cc(C#Cc3ccccc3F)cnc2O[C@@H]1CN(C)S(C)(=O)=O. The monoisotopic (exact) mass is 489 g/mol. The summed E-state index contributed by atoms with van der Waals surface area (Å²) in [5.74, 6) is 4.52. The molecule has 0 spiro atoms. The number of fused-ring (bicyclic) bond motifs is 1. The number of carbonyl (C=O) groups is 1. The van der Waals surface area contributed by atoms with Crippen molar-refractivity contribution in [2.24, 2.45) is 5.92 Å². The molecule has 0 saturated heterocycles. The summed E-state index contributed by atoms with van der Waals surface area (Å²) < 4.78 is 45.0. The van der Waals surface area contributed by atoms with Gasteiger partial charge in [-0.15, -0.1) is 0 Å². The first-order chi connectivity index (χ1) is 16.0. The molecule has 1 aromatic carbocycles. The number of likely N-dealkylation sites (N-methyl/N-ethyl adjacent to an activating group) is 1. The molecule has 182 valence electrons. The van der Waals surface area contributed by atoms with E-state index in [4.69, 9.17) is 4.74 Å². The van der Waals surface area contributed by atoms with Gasteiger partial charge in [0.05, 0.1) is 31.0 Å². The van der Waals surface area contributed by atoms with E-state index in [-0.39, 0.29) is 48.5 Å². The van der Waals surface area contributed by atoms with Crippen LogP contribution in [0.1, 0.15) is 35.3 Å². The maximum absolute atomic E-state index is 13.9. The van der Waals surface area contributed by atoms with Gasteiger partial charge < -0.3 is 14.7 Å². The Balaban J connectivity index is 2.03. The Morgan fingerprint density at radius 1 is 1.35 bits per heavy atom. The molecule has 34 heavy (non-hydrogen) atoms. The van der Waals surface area contributed by atoms with E-state index in [9.17, 15) is 22.7 Å². The summed E-state index contributed by atoms with van der Waals surface area (Å²) in [5, 5.41) is 9.72. The first-order valence-electron chi connectivity index (χ1n) is 10.8. The smallest absolute Gasteiger partial charge is 0.259 e. The summed E-state index contributed by atoms with van der Waals surface area (Å²) >= 11 is 0. The summed E-state index contributed by atoms with van der Waals surface area (Å²) in [6.45, 7) is 3.63. The fraction of sp³-hybridized carbons (Fsp3) is 0.417. The number of carbonyl (C=O) groups excluding carboxylic acids is 1. The molecule has 0 radical (unpaired) electrons. The molecule has 1 aromatic heterocycles. The van der Waals surface area contributed by atoms with Crippen LogP contribution in [0.25, 0.3) is 0 Å². The molecule has 1 N–H and O–H groups in total. The highest BCUT2D eigenvalue weighted by Crippen LogP contribution is 2.27. The zero-order valence-electron chi connectivity index (χ0n) is 19.5. The number of aliphatic hydroxyl groups is 1.